The van der Waals surface area contributed by atoms with Gasteiger partial charge in [0.25, 0.3) is 0 Å². The predicted molar refractivity (Wildman–Crippen MR) is 67.9 cm³/mol. The Labute approximate surface area is 105 Å². The van der Waals surface area contributed by atoms with Gasteiger partial charge in [0.2, 0.25) is 0 Å². The molecule has 0 atom stereocenters. The lowest BCUT2D eigenvalue weighted by molar-refractivity contribution is -0.140. The maximum absolute atomic E-state index is 9.98. The van der Waals surface area contributed by atoms with E-state index in [1.807, 2.05) is 13.8 Å². The van der Waals surface area contributed by atoms with Crippen LogP contribution in [0.25, 0.3) is 0 Å². The Balaban J connectivity index is -0.000000188. The van der Waals surface area contributed by atoms with E-state index < -0.39 is 0 Å². The molecule has 0 amide bonds. The number of aliphatic hydroxyl groups is 2. The molecule has 106 valence electrons. The summed E-state index contributed by atoms with van der Waals surface area (Å²) in [5.74, 6) is -0.193. The minimum Gasteiger partial charge on any atom is -0.466 e. The van der Waals surface area contributed by atoms with E-state index in [1.54, 1.807) is 6.92 Å². The number of rotatable bonds is 6. The van der Waals surface area contributed by atoms with Crippen LogP contribution >= 0.6 is 0 Å². The van der Waals surface area contributed by atoms with Crippen molar-refractivity contribution < 1.29 is 24.5 Å². The van der Waals surface area contributed by atoms with Crippen molar-refractivity contribution >= 4 is 5.97 Å². The Kier molecular flexibility index (Phi) is 31.2. The van der Waals surface area contributed by atoms with Gasteiger partial charge in [-0.1, -0.05) is 6.92 Å². The third-order valence-corrected chi connectivity index (χ3v) is 1.16. The number of carbonyl (C=O) groups excluding carboxylic acids is 1. The molecule has 0 fully saturated rings. The third-order valence-electron chi connectivity index (χ3n) is 1.16. The van der Waals surface area contributed by atoms with E-state index in [0.717, 1.165) is 19.4 Å². The van der Waals surface area contributed by atoms with Crippen LogP contribution in [0.1, 0.15) is 40.5 Å². The summed E-state index contributed by atoms with van der Waals surface area (Å²) in [6.07, 6.45) is 1.66. The van der Waals surface area contributed by atoms with Crippen LogP contribution in [0.15, 0.2) is 0 Å². The van der Waals surface area contributed by atoms with Gasteiger partial charge in [0.05, 0.1) is 6.61 Å². The van der Waals surface area contributed by atoms with Crippen LogP contribution in [-0.4, -0.2) is 49.2 Å². The van der Waals surface area contributed by atoms with E-state index in [1.165, 1.54) is 6.92 Å². The number of carbonyl (C=O) groups is 1. The maximum atomic E-state index is 9.98. The SMILES string of the molecule is CCCOC(C)=O.CCO.CCOCCCO. The normalized spacial score (nSPS) is 8.35. The van der Waals surface area contributed by atoms with Crippen molar-refractivity contribution in [2.45, 2.75) is 40.5 Å². The fraction of sp³-hybridized carbons (Fsp3) is 0.917. The zero-order valence-electron chi connectivity index (χ0n) is 11.6. The molecule has 0 saturated heterocycles. The molecule has 0 radical (unpaired) electrons. The highest BCUT2D eigenvalue weighted by Crippen LogP contribution is 1.78. The van der Waals surface area contributed by atoms with Crippen molar-refractivity contribution in [1.29, 1.82) is 0 Å². The largest absolute Gasteiger partial charge is 0.466 e. The Morgan fingerprint density at radius 3 is 1.88 bits per heavy atom. The van der Waals surface area contributed by atoms with Gasteiger partial charge < -0.3 is 19.7 Å². The zero-order valence-corrected chi connectivity index (χ0v) is 11.6. The second-order valence-corrected chi connectivity index (χ2v) is 2.93. The van der Waals surface area contributed by atoms with Gasteiger partial charge in [0.15, 0.2) is 0 Å². The van der Waals surface area contributed by atoms with Gasteiger partial charge in [0, 0.05) is 33.4 Å². The standard InChI is InChI=1S/C5H10O2.C5H12O2.C2H6O/c1-3-4-7-5(2)6;1-2-7-5-3-4-6;1-2-3/h3-4H2,1-2H3;6H,2-5H2,1H3;3H,2H2,1H3. The van der Waals surface area contributed by atoms with Crippen molar-refractivity contribution in [3.05, 3.63) is 0 Å². The predicted octanol–water partition coefficient (Wildman–Crippen LogP) is 1.36. The summed E-state index contributed by atoms with van der Waals surface area (Å²) in [5.41, 5.74) is 0. The first-order valence-corrected chi connectivity index (χ1v) is 6.03. The van der Waals surface area contributed by atoms with Gasteiger partial charge in [-0.25, -0.2) is 0 Å². The quantitative estimate of drug-likeness (QED) is 0.551. The van der Waals surface area contributed by atoms with E-state index in [9.17, 15) is 4.79 Å². The molecule has 0 aliphatic carbocycles. The first-order chi connectivity index (χ1) is 8.10. The van der Waals surface area contributed by atoms with Gasteiger partial charge in [-0.15, -0.1) is 0 Å². The van der Waals surface area contributed by atoms with Crippen LogP contribution < -0.4 is 0 Å². The maximum Gasteiger partial charge on any atom is 0.302 e. The van der Waals surface area contributed by atoms with Crippen molar-refractivity contribution in [2.75, 3.05) is 33.0 Å². The molecule has 5 heteroatoms. The topological polar surface area (TPSA) is 76.0 Å². The van der Waals surface area contributed by atoms with Crippen LogP contribution in [0.2, 0.25) is 0 Å². The van der Waals surface area contributed by atoms with E-state index >= 15 is 0 Å². The number of ether oxygens (including phenoxy) is 2. The summed E-state index contributed by atoms with van der Waals surface area (Å²) in [6, 6.07) is 0. The summed E-state index contributed by atoms with van der Waals surface area (Å²) in [4.78, 5) is 9.98. The lowest BCUT2D eigenvalue weighted by Gasteiger charge is -1.94. The zero-order chi connectivity index (χ0) is 13.9. The molecule has 0 bridgehead atoms. The minimum absolute atomic E-state index is 0.193. The average Bonchev–Trinajstić information content (AvgIpc) is 2.29. The Hall–Kier alpha value is -0.650. The number of esters is 1. The molecule has 0 aromatic heterocycles. The molecule has 0 aromatic rings. The van der Waals surface area contributed by atoms with Crippen molar-refractivity contribution in [2.24, 2.45) is 0 Å². The second-order valence-electron chi connectivity index (χ2n) is 2.93. The molecule has 0 aromatic carbocycles. The Morgan fingerprint density at radius 2 is 1.65 bits per heavy atom. The number of hydrogen-bond acceptors (Lipinski definition) is 5. The second kappa shape index (κ2) is 24.5. The molecular formula is C12H28O5. The molecule has 0 heterocycles. The van der Waals surface area contributed by atoms with Crippen molar-refractivity contribution in [3.8, 4) is 0 Å². The van der Waals surface area contributed by atoms with E-state index in [2.05, 4.69) is 4.74 Å². The Morgan fingerprint density at radius 1 is 1.12 bits per heavy atom. The smallest absolute Gasteiger partial charge is 0.302 e. The average molecular weight is 252 g/mol. The van der Waals surface area contributed by atoms with Crippen LogP contribution in [0.3, 0.4) is 0 Å². The first-order valence-electron chi connectivity index (χ1n) is 6.03. The first kappa shape index (κ1) is 21.6. The van der Waals surface area contributed by atoms with Crippen molar-refractivity contribution in [3.63, 3.8) is 0 Å². The fourth-order valence-electron chi connectivity index (χ4n) is 0.557. The summed E-state index contributed by atoms with van der Waals surface area (Å²) in [5, 5.41) is 15.8. The van der Waals surface area contributed by atoms with Crippen LogP contribution in [0, 0.1) is 0 Å². The van der Waals surface area contributed by atoms with Gasteiger partial charge in [0.1, 0.15) is 0 Å². The molecule has 0 rings (SSSR count). The molecule has 0 aliphatic heterocycles. The molecule has 17 heavy (non-hydrogen) atoms. The van der Waals surface area contributed by atoms with Gasteiger partial charge in [-0.05, 0) is 26.7 Å². The highest BCUT2D eigenvalue weighted by Gasteiger charge is 1.85. The lowest BCUT2D eigenvalue weighted by Crippen LogP contribution is -1.98. The Bertz CT molecular complexity index is 124. The highest BCUT2D eigenvalue weighted by atomic mass is 16.5. The fourth-order valence-corrected chi connectivity index (χ4v) is 0.557. The molecule has 2 N–H and O–H groups in total. The van der Waals surface area contributed by atoms with Crippen molar-refractivity contribution in [1.82, 2.24) is 0 Å². The summed E-state index contributed by atoms with van der Waals surface area (Å²) in [7, 11) is 0. The summed E-state index contributed by atoms with van der Waals surface area (Å²) >= 11 is 0. The van der Waals surface area contributed by atoms with Crippen LogP contribution in [0.5, 0.6) is 0 Å². The monoisotopic (exact) mass is 252 g/mol. The molecule has 5 nitrogen and oxygen atoms in total. The summed E-state index contributed by atoms with van der Waals surface area (Å²) in [6.45, 7) is 9.47. The molecular weight excluding hydrogens is 224 g/mol. The highest BCUT2D eigenvalue weighted by molar-refractivity contribution is 5.65. The number of aliphatic hydroxyl groups excluding tert-OH is 2. The molecule has 0 saturated carbocycles. The van der Waals surface area contributed by atoms with Crippen LogP contribution in [-0.2, 0) is 14.3 Å². The van der Waals surface area contributed by atoms with E-state index in [4.69, 9.17) is 14.9 Å². The molecule has 0 aliphatic rings. The van der Waals surface area contributed by atoms with E-state index in [-0.39, 0.29) is 19.2 Å². The van der Waals surface area contributed by atoms with Gasteiger partial charge >= 0.3 is 5.97 Å². The third kappa shape index (κ3) is 50.6. The summed E-state index contributed by atoms with van der Waals surface area (Å²) < 4.78 is 9.47. The van der Waals surface area contributed by atoms with Gasteiger partial charge in [-0.3, -0.25) is 4.79 Å². The number of hydrogen-bond donors (Lipinski definition) is 2. The lowest BCUT2D eigenvalue weighted by atomic mass is 10.5. The van der Waals surface area contributed by atoms with E-state index in [0.29, 0.717) is 13.2 Å². The van der Waals surface area contributed by atoms with Gasteiger partial charge in [-0.2, -0.15) is 0 Å². The molecule has 0 spiro atoms. The molecule has 0 unspecified atom stereocenters. The van der Waals surface area contributed by atoms with Crippen LogP contribution in [0.4, 0.5) is 0 Å². The minimum atomic E-state index is -0.193.